The standard InChI is InChI=1S/C30H25Cl2FN4O3.CH4/c1-2-11-37-23-10-12-36-22-9-6-15(28(38)39)13-21(22)34-27(36)24(23)25(17-4-3-5-19(32)26(17)33)30(37)18-8-7-16(31)14-20(18)35-29(30)40;/h3-9,13-14,23-25H,2,10-12H2,1H3,(H,35,40)(H,38,39);1H4/t23-,24+,25-,30+;/m0./s1. The lowest BCUT2D eigenvalue weighted by Gasteiger charge is -2.39. The summed E-state index contributed by atoms with van der Waals surface area (Å²) in [7, 11) is 0. The van der Waals surface area contributed by atoms with Gasteiger partial charge in [0.05, 0.1) is 21.6 Å². The summed E-state index contributed by atoms with van der Waals surface area (Å²) >= 11 is 12.7. The quantitative estimate of drug-likeness (QED) is 0.265. The Morgan fingerprint density at radius 2 is 2.00 bits per heavy atom. The Morgan fingerprint density at radius 3 is 2.76 bits per heavy atom. The van der Waals surface area contributed by atoms with E-state index in [2.05, 4.69) is 21.7 Å². The first kappa shape index (κ1) is 27.7. The van der Waals surface area contributed by atoms with Gasteiger partial charge in [0.25, 0.3) is 0 Å². The molecule has 1 aromatic heterocycles. The predicted octanol–water partition coefficient (Wildman–Crippen LogP) is 7.03. The summed E-state index contributed by atoms with van der Waals surface area (Å²) in [5.74, 6) is -2.14. The van der Waals surface area contributed by atoms with Crippen molar-refractivity contribution in [1.29, 1.82) is 0 Å². The van der Waals surface area contributed by atoms with E-state index in [1.807, 2.05) is 6.07 Å². The molecule has 0 bridgehead atoms. The normalized spacial score (nSPS) is 24.6. The molecule has 0 unspecified atom stereocenters. The fraction of sp³-hybridized carbons (Fsp3) is 0.323. The van der Waals surface area contributed by atoms with Crippen LogP contribution < -0.4 is 5.32 Å². The Hall–Kier alpha value is -3.46. The number of imidazole rings is 1. The molecule has 3 aromatic carbocycles. The summed E-state index contributed by atoms with van der Waals surface area (Å²) in [5.41, 5.74) is 2.02. The van der Waals surface area contributed by atoms with Crippen molar-refractivity contribution in [2.24, 2.45) is 0 Å². The van der Waals surface area contributed by atoms with Gasteiger partial charge in [-0.05, 0) is 61.3 Å². The highest BCUT2D eigenvalue weighted by Crippen LogP contribution is 2.64. The van der Waals surface area contributed by atoms with Crippen molar-refractivity contribution in [1.82, 2.24) is 14.5 Å². The zero-order chi connectivity index (χ0) is 27.9. The SMILES string of the molecule is C.CCCN1[C@H]2CCn3c(nc4cc(C(=O)O)ccc43)[C@H]2[C@H](c2cccc(Cl)c2F)[C@]12C(=O)Nc1cc(Cl)ccc12. The Bertz CT molecular complexity index is 1740. The third-order valence-electron chi connectivity index (χ3n) is 8.82. The van der Waals surface area contributed by atoms with Gasteiger partial charge in [0.1, 0.15) is 17.2 Å². The van der Waals surface area contributed by atoms with Crippen LogP contribution in [-0.2, 0) is 16.9 Å². The van der Waals surface area contributed by atoms with Crippen LogP contribution in [0.1, 0.15) is 66.3 Å². The summed E-state index contributed by atoms with van der Waals surface area (Å²) in [6, 6.07) is 15.1. The molecule has 4 heterocycles. The minimum Gasteiger partial charge on any atom is -0.478 e. The average molecular weight is 596 g/mol. The molecule has 0 radical (unpaired) electrons. The van der Waals surface area contributed by atoms with Gasteiger partial charge >= 0.3 is 5.97 Å². The summed E-state index contributed by atoms with van der Waals surface area (Å²) < 4.78 is 18.1. The third kappa shape index (κ3) is 3.70. The maximum absolute atomic E-state index is 16.1. The fourth-order valence-electron chi connectivity index (χ4n) is 7.45. The van der Waals surface area contributed by atoms with Crippen LogP contribution in [0.2, 0.25) is 10.0 Å². The number of rotatable bonds is 4. The average Bonchev–Trinajstić information content (AvgIpc) is 3.54. The molecule has 7 nitrogen and oxygen atoms in total. The van der Waals surface area contributed by atoms with Gasteiger partial charge in [0.2, 0.25) is 5.91 Å². The van der Waals surface area contributed by atoms with Gasteiger partial charge in [0.15, 0.2) is 0 Å². The molecular weight excluding hydrogens is 566 g/mol. The van der Waals surface area contributed by atoms with Crippen molar-refractivity contribution < 1.29 is 19.1 Å². The lowest BCUT2D eigenvalue weighted by Crippen LogP contribution is -2.52. The topological polar surface area (TPSA) is 87.5 Å². The second-order valence-corrected chi connectivity index (χ2v) is 11.6. The molecule has 10 heteroatoms. The van der Waals surface area contributed by atoms with Crippen molar-refractivity contribution >= 4 is 51.8 Å². The summed E-state index contributed by atoms with van der Waals surface area (Å²) in [6.45, 7) is 3.31. The van der Waals surface area contributed by atoms with Crippen LogP contribution >= 0.6 is 23.2 Å². The number of carbonyl (C=O) groups excluding carboxylic acids is 1. The van der Waals surface area contributed by atoms with Crippen molar-refractivity contribution in [3.05, 3.63) is 93.0 Å². The second-order valence-electron chi connectivity index (χ2n) is 10.7. The maximum Gasteiger partial charge on any atom is 0.335 e. The van der Waals surface area contributed by atoms with Crippen molar-refractivity contribution in [2.75, 3.05) is 11.9 Å². The number of amides is 1. The molecule has 4 atom stereocenters. The molecule has 0 aliphatic carbocycles. The number of nitrogens with zero attached hydrogens (tertiary/aromatic N) is 3. The predicted molar refractivity (Wildman–Crippen MR) is 157 cm³/mol. The van der Waals surface area contributed by atoms with E-state index in [1.165, 1.54) is 6.07 Å². The number of hydrogen-bond acceptors (Lipinski definition) is 4. The lowest BCUT2D eigenvalue weighted by molar-refractivity contribution is -0.127. The lowest BCUT2D eigenvalue weighted by atomic mass is 9.70. The Morgan fingerprint density at radius 1 is 1.20 bits per heavy atom. The number of likely N-dealkylation sites (tertiary alicyclic amines) is 1. The van der Waals surface area contributed by atoms with E-state index in [4.69, 9.17) is 28.2 Å². The number of aromatic nitrogens is 2. The second kappa shape index (κ2) is 9.82. The summed E-state index contributed by atoms with van der Waals surface area (Å²) in [4.78, 5) is 33.2. The first-order valence-electron chi connectivity index (χ1n) is 13.3. The van der Waals surface area contributed by atoms with Gasteiger partial charge in [-0.15, -0.1) is 0 Å². The van der Waals surface area contributed by atoms with E-state index in [9.17, 15) is 14.7 Å². The fourth-order valence-corrected chi connectivity index (χ4v) is 7.81. The molecule has 1 amide bonds. The Kier molecular flexibility index (Phi) is 6.64. The smallest absolute Gasteiger partial charge is 0.335 e. The number of aryl methyl sites for hydroxylation is 1. The molecule has 7 rings (SSSR count). The van der Waals surface area contributed by atoms with Crippen LogP contribution in [0, 0.1) is 5.82 Å². The van der Waals surface area contributed by atoms with Gasteiger partial charge in [-0.25, -0.2) is 14.2 Å². The maximum atomic E-state index is 16.1. The molecule has 2 N–H and O–H groups in total. The van der Waals surface area contributed by atoms with Crippen molar-refractivity contribution in [3.8, 4) is 0 Å². The number of fused-ring (bicyclic) bond motifs is 7. The number of halogens is 3. The van der Waals surface area contributed by atoms with Crippen LogP contribution in [-0.4, -0.2) is 44.0 Å². The van der Waals surface area contributed by atoms with Gasteiger partial charge in [-0.2, -0.15) is 0 Å². The number of anilines is 1. The van der Waals surface area contributed by atoms with Gasteiger partial charge in [0, 0.05) is 40.7 Å². The number of hydrogen-bond donors (Lipinski definition) is 2. The van der Waals surface area contributed by atoms with Crippen molar-refractivity contribution in [2.45, 2.75) is 57.2 Å². The van der Waals surface area contributed by atoms with Crippen LogP contribution in [0.15, 0.2) is 54.6 Å². The zero-order valence-corrected chi connectivity index (χ0v) is 23.0. The van der Waals surface area contributed by atoms with Crippen molar-refractivity contribution in [3.63, 3.8) is 0 Å². The van der Waals surface area contributed by atoms with E-state index in [1.54, 1.807) is 42.5 Å². The number of carboxylic acid groups (broad SMARTS) is 1. The van der Waals surface area contributed by atoms with E-state index < -0.39 is 23.2 Å². The first-order valence-corrected chi connectivity index (χ1v) is 14.1. The molecule has 1 fully saturated rings. The minimum absolute atomic E-state index is 0. The first-order chi connectivity index (χ1) is 19.3. The number of benzene rings is 3. The highest BCUT2D eigenvalue weighted by molar-refractivity contribution is 6.31. The van der Waals surface area contributed by atoms with Crippen LogP contribution in [0.3, 0.4) is 0 Å². The highest BCUT2D eigenvalue weighted by atomic mass is 35.5. The zero-order valence-electron chi connectivity index (χ0n) is 21.5. The summed E-state index contributed by atoms with van der Waals surface area (Å²) in [6.07, 6.45) is 1.49. The molecule has 212 valence electrons. The van der Waals surface area contributed by atoms with E-state index in [0.717, 1.165) is 17.5 Å². The number of carboxylic acids is 1. The highest BCUT2D eigenvalue weighted by Gasteiger charge is 2.68. The van der Waals surface area contributed by atoms with Gasteiger partial charge in [-0.3, -0.25) is 9.69 Å². The molecule has 1 spiro atoms. The molecule has 1 saturated heterocycles. The molecule has 41 heavy (non-hydrogen) atoms. The molecule has 4 aromatic rings. The molecule has 3 aliphatic heterocycles. The van der Waals surface area contributed by atoms with Crippen LogP contribution in [0.4, 0.5) is 10.1 Å². The Balaban J connectivity index is 0.00000302. The minimum atomic E-state index is -1.23. The number of nitrogens with one attached hydrogen (secondary N) is 1. The number of carbonyl (C=O) groups is 2. The third-order valence-corrected chi connectivity index (χ3v) is 9.34. The molecule has 3 aliphatic rings. The monoisotopic (exact) mass is 594 g/mol. The van der Waals surface area contributed by atoms with Gasteiger partial charge in [-0.1, -0.05) is 55.8 Å². The van der Waals surface area contributed by atoms with E-state index in [-0.39, 0.29) is 35.9 Å². The molecule has 0 saturated carbocycles. The largest absolute Gasteiger partial charge is 0.478 e. The van der Waals surface area contributed by atoms with Gasteiger partial charge < -0.3 is 15.0 Å². The van der Waals surface area contributed by atoms with Crippen LogP contribution in [0.25, 0.3) is 11.0 Å². The Labute approximate surface area is 246 Å². The number of aromatic carboxylic acids is 1. The summed E-state index contributed by atoms with van der Waals surface area (Å²) in [5, 5.41) is 13.1. The molecular formula is C31H29Cl2FN4O3. The van der Waals surface area contributed by atoms with E-state index >= 15 is 4.39 Å². The van der Waals surface area contributed by atoms with Crippen LogP contribution in [0.5, 0.6) is 0 Å². The van der Waals surface area contributed by atoms with E-state index in [0.29, 0.717) is 47.1 Å².